The van der Waals surface area contributed by atoms with Gasteiger partial charge in [0.25, 0.3) is 0 Å². The van der Waals surface area contributed by atoms with E-state index < -0.39 is 12.1 Å². The van der Waals surface area contributed by atoms with Crippen LogP contribution in [0.25, 0.3) is 0 Å². The maximum absolute atomic E-state index is 10.3. The van der Waals surface area contributed by atoms with Crippen molar-refractivity contribution < 1.29 is 20.1 Å². The Bertz CT molecular complexity index is 421. The molecule has 0 rings (SSSR count). The van der Waals surface area contributed by atoms with Gasteiger partial charge in [0.05, 0.1) is 12.2 Å². The zero-order valence-corrected chi connectivity index (χ0v) is 14.7. The zero-order valence-electron chi connectivity index (χ0n) is 14.7. The Kier molecular flexibility index (Phi) is 15.1. The van der Waals surface area contributed by atoms with Gasteiger partial charge in [0.2, 0.25) is 0 Å². The Labute approximate surface area is 145 Å². The molecule has 0 radical (unpaired) electrons. The number of carboxylic acids is 1. The summed E-state index contributed by atoms with van der Waals surface area (Å²) in [5.41, 5.74) is 0. The highest BCUT2D eigenvalue weighted by molar-refractivity contribution is 5.66. The molecule has 0 aliphatic heterocycles. The summed E-state index contributed by atoms with van der Waals surface area (Å²) in [7, 11) is 0. The van der Waals surface area contributed by atoms with Gasteiger partial charge in [-0.2, -0.15) is 0 Å². The number of hydrogen-bond donors (Lipinski definition) is 3. The molecule has 0 saturated carbocycles. The van der Waals surface area contributed by atoms with Crippen molar-refractivity contribution in [2.24, 2.45) is 0 Å². The number of rotatable bonds is 14. The Balaban J connectivity index is 3.80. The van der Waals surface area contributed by atoms with Crippen LogP contribution < -0.4 is 0 Å². The summed E-state index contributed by atoms with van der Waals surface area (Å²) >= 11 is 0. The number of aliphatic carboxylic acids is 1. The Morgan fingerprint density at radius 2 is 1.58 bits per heavy atom. The molecule has 0 aliphatic rings. The van der Waals surface area contributed by atoms with Crippen molar-refractivity contribution in [3.63, 3.8) is 0 Å². The van der Waals surface area contributed by atoms with E-state index in [9.17, 15) is 15.0 Å². The number of carboxylic acid groups (broad SMARTS) is 1. The van der Waals surface area contributed by atoms with Crippen LogP contribution in [0.3, 0.4) is 0 Å². The van der Waals surface area contributed by atoms with Gasteiger partial charge < -0.3 is 15.3 Å². The largest absolute Gasteiger partial charge is 0.481 e. The summed E-state index contributed by atoms with van der Waals surface area (Å²) in [6, 6.07) is 0. The molecule has 0 unspecified atom stereocenters. The van der Waals surface area contributed by atoms with E-state index in [0.717, 1.165) is 25.7 Å². The average molecular weight is 336 g/mol. The molecule has 0 aromatic heterocycles. The van der Waals surface area contributed by atoms with Crippen molar-refractivity contribution in [1.29, 1.82) is 0 Å². The van der Waals surface area contributed by atoms with Gasteiger partial charge in [0.1, 0.15) is 0 Å². The molecule has 0 bridgehead atoms. The van der Waals surface area contributed by atoms with E-state index in [1.165, 1.54) is 0 Å². The van der Waals surface area contributed by atoms with Gasteiger partial charge in [0.15, 0.2) is 0 Å². The van der Waals surface area contributed by atoms with Gasteiger partial charge >= 0.3 is 5.97 Å². The maximum Gasteiger partial charge on any atom is 0.303 e. The lowest BCUT2D eigenvalue weighted by Gasteiger charge is -2.02. The smallest absolute Gasteiger partial charge is 0.303 e. The molecule has 2 atom stereocenters. The molecule has 0 aromatic carbocycles. The SMILES string of the molecule is CCCCC[C@H](O)/C=C/C=CC=C[C@@H](O)CC=CCCCC(=O)O. The number of aliphatic hydroxyl groups excluding tert-OH is 2. The number of carbonyl (C=O) groups is 1. The molecule has 0 spiro atoms. The van der Waals surface area contributed by atoms with E-state index in [0.29, 0.717) is 19.3 Å². The van der Waals surface area contributed by atoms with E-state index in [4.69, 9.17) is 5.11 Å². The van der Waals surface area contributed by atoms with E-state index in [2.05, 4.69) is 6.92 Å². The van der Waals surface area contributed by atoms with Crippen LogP contribution in [0.4, 0.5) is 0 Å². The highest BCUT2D eigenvalue weighted by atomic mass is 16.4. The first-order valence-corrected chi connectivity index (χ1v) is 8.80. The second-order valence-corrected chi connectivity index (χ2v) is 5.78. The fourth-order valence-electron chi connectivity index (χ4n) is 2.02. The second kappa shape index (κ2) is 16.2. The van der Waals surface area contributed by atoms with Crippen LogP contribution in [0.2, 0.25) is 0 Å². The quantitative estimate of drug-likeness (QED) is 0.253. The topological polar surface area (TPSA) is 77.8 Å². The maximum atomic E-state index is 10.3. The monoisotopic (exact) mass is 336 g/mol. The highest BCUT2D eigenvalue weighted by Crippen LogP contribution is 2.04. The third kappa shape index (κ3) is 16.7. The van der Waals surface area contributed by atoms with E-state index in [1.807, 2.05) is 30.4 Å². The van der Waals surface area contributed by atoms with Crippen molar-refractivity contribution >= 4 is 5.97 Å². The summed E-state index contributed by atoms with van der Waals surface area (Å²) in [4.78, 5) is 10.3. The minimum Gasteiger partial charge on any atom is -0.481 e. The van der Waals surface area contributed by atoms with Crippen LogP contribution in [-0.4, -0.2) is 33.5 Å². The molecular weight excluding hydrogens is 304 g/mol. The number of allylic oxidation sites excluding steroid dienone is 5. The van der Waals surface area contributed by atoms with Gasteiger partial charge in [-0.25, -0.2) is 0 Å². The minimum absolute atomic E-state index is 0.179. The third-order valence-electron chi connectivity index (χ3n) is 3.41. The number of aliphatic hydroxyl groups is 2. The predicted molar refractivity (Wildman–Crippen MR) is 98.8 cm³/mol. The molecule has 0 aromatic rings. The van der Waals surface area contributed by atoms with Crippen LogP contribution in [-0.2, 0) is 4.79 Å². The molecule has 0 aliphatic carbocycles. The summed E-state index contributed by atoms with van der Waals surface area (Å²) in [6.45, 7) is 2.14. The molecule has 3 N–H and O–H groups in total. The summed E-state index contributed by atoms with van der Waals surface area (Å²) < 4.78 is 0. The van der Waals surface area contributed by atoms with Crippen LogP contribution in [0.5, 0.6) is 0 Å². The van der Waals surface area contributed by atoms with Crippen LogP contribution in [0.15, 0.2) is 48.6 Å². The summed E-state index contributed by atoms with van der Waals surface area (Å²) in [6.07, 6.45) is 19.7. The molecule has 4 nitrogen and oxygen atoms in total. The zero-order chi connectivity index (χ0) is 18.0. The molecule has 0 amide bonds. The average Bonchev–Trinajstić information content (AvgIpc) is 2.54. The highest BCUT2D eigenvalue weighted by Gasteiger charge is 1.97. The minimum atomic E-state index is -0.777. The van der Waals surface area contributed by atoms with Crippen molar-refractivity contribution in [2.45, 2.75) is 70.5 Å². The fraction of sp³-hybridized carbons (Fsp3) is 0.550. The molecule has 24 heavy (non-hydrogen) atoms. The predicted octanol–water partition coefficient (Wildman–Crippen LogP) is 4.16. The summed E-state index contributed by atoms with van der Waals surface area (Å²) in [5.74, 6) is -0.777. The lowest BCUT2D eigenvalue weighted by atomic mass is 10.1. The van der Waals surface area contributed by atoms with Gasteiger partial charge in [0, 0.05) is 6.42 Å². The first-order chi connectivity index (χ1) is 11.6. The second-order valence-electron chi connectivity index (χ2n) is 5.78. The van der Waals surface area contributed by atoms with Gasteiger partial charge in [-0.05, 0) is 25.7 Å². The van der Waals surface area contributed by atoms with Gasteiger partial charge in [-0.1, -0.05) is 74.8 Å². The van der Waals surface area contributed by atoms with Crippen molar-refractivity contribution in [3.05, 3.63) is 48.6 Å². The lowest BCUT2D eigenvalue weighted by Crippen LogP contribution is -2.00. The van der Waals surface area contributed by atoms with E-state index in [-0.39, 0.29) is 12.5 Å². The van der Waals surface area contributed by atoms with E-state index >= 15 is 0 Å². The lowest BCUT2D eigenvalue weighted by molar-refractivity contribution is -0.137. The Hall–Kier alpha value is -1.65. The molecule has 0 heterocycles. The first-order valence-electron chi connectivity index (χ1n) is 8.80. The van der Waals surface area contributed by atoms with Crippen LogP contribution >= 0.6 is 0 Å². The van der Waals surface area contributed by atoms with Gasteiger partial charge in [-0.3, -0.25) is 4.79 Å². The van der Waals surface area contributed by atoms with E-state index in [1.54, 1.807) is 18.2 Å². The molecule has 0 fully saturated rings. The molecule has 136 valence electrons. The van der Waals surface area contributed by atoms with Crippen molar-refractivity contribution in [1.82, 2.24) is 0 Å². The molecular formula is C20H32O4. The Morgan fingerprint density at radius 1 is 0.917 bits per heavy atom. The number of hydrogen-bond acceptors (Lipinski definition) is 3. The third-order valence-corrected chi connectivity index (χ3v) is 3.41. The summed E-state index contributed by atoms with van der Waals surface area (Å²) in [5, 5.41) is 27.9. The number of unbranched alkanes of at least 4 members (excludes halogenated alkanes) is 3. The first kappa shape index (κ1) is 22.4. The van der Waals surface area contributed by atoms with Crippen molar-refractivity contribution in [2.75, 3.05) is 0 Å². The fourth-order valence-corrected chi connectivity index (χ4v) is 2.02. The van der Waals surface area contributed by atoms with Crippen LogP contribution in [0.1, 0.15) is 58.3 Å². The van der Waals surface area contributed by atoms with Gasteiger partial charge in [-0.15, -0.1) is 0 Å². The standard InChI is InChI=1S/C20H32O4/c1-2-3-8-13-18(21)14-9-4-5-10-15-19(22)16-11-6-7-12-17-20(23)24/h4-6,9-11,14-15,18-19,21-22H,2-3,7-8,12-13,16-17H2,1H3,(H,23,24)/b5-4?,11-6?,14-9+,15-10?/t18-,19+/m0/s1. The van der Waals surface area contributed by atoms with Crippen LogP contribution in [0, 0.1) is 0 Å². The molecule has 0 saturated heterocycles. The molecule has 4 heteroatoms. The Morgan fingerprint density at radius 3 is 2.21 bits per heavy atom. The normalized spacial score (nSPS) is 15.1. The van der Waals surface area contributed by atoms with Crippen molar-refractivity contribution in [3.8, 4) is 0 Å².